The SMILES string of the molecule is CC[C@@H](CO)NC(=O)C1CCN(S(C)(=O)=O)CC1. The summed E-state index contributed by atoms with van der Waals surface area (Å²) in [6.07, 6.45) is 2.96. The third-order valence-corrected chi connectivity index (χ3v) is 4.66. The Morgan fingerprint density at radius 2 is 2.00 bits per heavy atom. The Labute approximate surface area is 108 Å². The maximum atomic E-state index is 11.9. The molecule has 0 radical (unpaired) electrons. The van der Waals surface area contributed by atoms with E-state index in [0.29, 0.717) is 32.4 Å². The normalized spacial score (nSPS) is 20.6. The Morgan fingerprint density at radius 3 is 2.39 bits per heavy atom. The van der Waals surface area contributed by atoms with Crippen molar-refractivity contribution >= 4 is 15.9 Å². The molecule has 0 aliphatic carbocycles. The summed E-state index contributed by atoms with van der Waals surface area (Å²) in [6.45, 7) is 2.62. The van der Waals surface area contributed by atoms with Gasteiger partial charge in [-0.3, -0.25) is 4.79 Å². The monoisotopic (exact) mass is 278 g/mol. The van der Waals surface area contributed by atoms with Gasteiger partial charge in [-0.2, -0.15) is 0 Å². The molecule has 1 aliphatic rings. The smallest absolute Gasteiger partial charge is 0.223 e. The summed E-state index contributed by atoms with van der Waals surface area (Å²) in [7, 11) is -3.15. The molecular formula is C11H22N2O4S. The van der Waals surface area contributed by atoms with E-state index < -0.39 is 10.0 Å². The van der Waals surface area contributed by atoms with Gasteiger partial charge < -0.3 is 10.4 Å². The van der Waals surface area contributed by atoms with Crippen molar-refractivity contribution in [1.29, 1.82) is 0 Å². The lowest BCUT2D eigenvalue weighted by Crippen LogP contribution is -2.45. The fourth-order valence-electron chi connectivity index (χ4n) is 2.05. The minimum absolute atomic E-state index is 0.0651. The fraction of sp³-hybridized carbons (Fsp3) is 0.909. The van der Waals surface area contributed by atoms with Crippen molar-refractivity contribution in [3.05, 3.63) is 0 Å². The van der Waals surface area contributed by atoms with Crippen LogP contribution < -0.4 is 5.32 Å². The summed E-state index contributed by atoms with van der Waals surface area (Å²) < 4.78 is 24.1. The quantitative estimate of drug-likeness (QED) is 0.713. The van der Waals surface area contributed by atoms with Crippen LogP contribution in [0.3, 0.4) is 0 Å². The van der Waals surface area contributed by atoms with E-state index in [0.717, 1.165) is 0 Å². The van der Waals surface area contributed by atoms with Gasteiger partial charge in [-0.15, -0.1) is 0 Å². The first-order valence-electron chi connectivity index (χ1n) is 6.24. The number of hydrogen-bond donors (Lipinski definition) is 2. The van der Waals surface area contributed by atoms with E-state index >= 15 is 0 Å². The van der Waals surface area contributed by atoms with Crippen molar-refractivity contribution in [1.82, 2.24) is 9.62 Å². The molecule has 1 fully saturated rings. The summed E-state index contributed by atoms with van der Waals surface area (Å²) in [5, 5.41) is 11.8. The van der Waals surface area contributed by atoms with Gasteiger partial charge in [0.2, 0.25) is 15.9 Å². The molecular weight excluding hydrogens is 256 g/mol. The van der Waals surface area contributed by atoms with E-state index in [-0.39, 0.29) is 24.5 Å². The minimum atomic E-state index is -3.15. The van der Waals surface area contributed by atoms with Crippen LogP contribution in [0.1, 0.15) is 26.2 Å². The number of hydrogen-bond acceptors (Lipinski definition) is 4. The third kappa shape index (κ3) is 4.22. The van der Waals surface area contributed by atoms with Crippen molar-refractivity contribution in [2.45, 2.75) is 32.2 Å². The van der Waals surface area contributed by atoms with Crippen LogP contribution in [0.25, 0.3) is 0 Å². The van der Waals surface area contributed by atoms with E-state index in [1.54, 1.807) is 0 Å². The number of aliphatic hydroxyl groups excluding tert-OH is 1. The molecule has 2 N–H and O–H groups in total. The highest BCUT2D eigenvalue weighted by Gasteiger charge is 2.29. The molecule has 6 nitrogen and oxygen atoms in total. The number of carbonyl (C=O) groups is 1. The van der Waals surface area contributed by atoms with E-state index in [9.17, 15) is 13.2 Å². The Morgan fingerprint density at radius 1 is 1.44 bits per heavy atom. The molecule has 0 saturated carbocycles. The molecule has 0 aromatic carbocycles. The average Bonchev–Trinajstić information content (AvgIpc) is 2.34. The molecule has 106 valence electrons. The van der Waals surface area contributed by atoms with E-state index in [1.165, 1.54) is 10.6 Å². The molecule has 0 spiro atoms. The molecule has 0 aromatic heterocycles. The number of aliphatic hydroxyl groups is 1. The highest BCUT2D eigenvalue weighted by molar-refractivity contribution is 7.88. The number of sulfonamides is 1. The van der Waals surface area contributed by atoms with Crippen molar-refractivity contribution in [2.75, 3.05) is 26.0 Å². The van der Waals surface area contributed by atoms with Crippen LogP contribution in [0.5, 0.6) is 0 Å². The topological polar surface area (TPSA) is 86.7 Å². The average molecular weight is 278 g/mol. The van der Waals surface area contributed by atoms with Crippen molar-refractivity contribution in [3.63, 3.8) is 0 Å². The van der Waals surface area contributed by atoms with Crippen LogP contribution in [-0.2, 0) is 14.8 Å². The first-order valence-corrected chi connectivity index (χ1v) is 8.09. The van der Waals surface area contributed by atoms with Gasteiger partial charge in [0.15, 0.2) is 0 Å². The molecule has 0 aromatic rings. The van der Waals surface area contributed by atoms with Crippen molar-refractivity contribution in [3.8, 4) is 0 Å². The molecule has 0 bridgehead atoms. The molecule has 1 atom stereocenters. The van der Waals surface area contributed by atoms with E-state index in [4.69, 9.17) is 5.11 Å². The van der Waals surface area contributed by atoms with Gasteiger partial charge in [0.1, 0.15) is 0 Å². The standard InChI is InChI=1S/C11H22N2O4S/c1-3-10(8-14)12-11(15)9-4-6-13(7-5-9)18(2,16)17/h9-10,14H,3-8H2,1-2H3,(H,12,15)/t10-/m0/s1. The van der Waals surface area contributed by atoms with E-state index in [2.05, 4.69) is 5.32 Å². The number of amides is 1. The molecule has 1 aliphatic heterocycles. The van der Waals surface area contributed by atoms with Gasteiger partial charge in [-0.05, 0) is 19.3 Å². The maximum absolute atomic E-state index is 11.9. The molecule has 0 unspecified atom stereocenters. The van der Waals surface area contributed by atoms with Gasteiger partial charge in [-0.1, -0.05) is 6.92 Å². The number of carbonyl (C=O) groups excluding carboxylic acids is 1. The summed E-state index contributed by atoms with van der Waals surface area (Å²) in [6, 6.07) is -0.203. The minimum Gasteiger partial charge on any atom is -0.394 e. The third-order valence-electron chi connectivity index (χ3n) is 3.35. The summed E-state index contributed by atoms with van der Waals surface area (Å²) >= 11 is 0. The Bertz CT molecular complexity index is 371. The maximum Gasteiger partial charge on any atom is 0.223 e. The number of nitrogens with one attached hydrogen (secondary N) is 1. The Balaban J connectivity index is 2.45. The highest BCUT2D eigenvalue weighted by atomic mass is 32.2. The van der Waals surface area contributed by atoms with Crippen LogP contribution in [0, 0.1) is 5.92 Å². The van der Waals surface area contributed by atoms with Gasteiger partial charge in [0, 0.05) is 19.0 Å². The van der Waals surface area contributed by atoms with Crippen molar-refractivity contribution in [2.24, 2.45) is 5.92 Å². The van der Waals surface area contributed by atoms with Gasteiger partial charge in [-0.25, -0.2) is 12.7 Å². The lowest BCUT2D eigenvalue weighted by Gasteiger charge is -2.30. The molecule has 1 saturated heterocycles. The second kappa shape index (κ2) is 6.49. The van der Waals surface area contributed by atoms with Gasteiger partial charge >= 0.3 is 0 Å². The summed E-state index contributed by atoms with van der Waals surface area (Å²) in [5.74, 6) is -0.229. The number of rotatable bonds is 5. The number of piperidine rings is 1. The largest absolute Gasteiger partial charge is 0.394 e. The number of nitrogens with zero attached hydrogens (tertiary/aromatic N) is 1. The van der Waals surface area contributed by atoms with Crippen LogP contribution in [-0.4, -0.2) is 55.7 Å². The molecule has 1 amide bonds. The zero-order valence-corrected chi connectivity index (χ0v) is 11.7. The van der Waals surface area contributed by atoms with Crippen LogP contribution in [0.2, 0.25) is 0 Å². The Hall–Kier alpha value is -0.660. The summed E-state index contributed by atoms with van der Waals surface area (Å²) in [5.41, 5.74) is 0. The van der Waals surface area contributed by atoms with Crippen LogP contribution in [0.4, 0.5) is 0 Å². The lowest BCUT2D eigenvalue weighted by molar-refractivity contribution is -0.127. The van der Waals surface area contributed by atoms with E-state index in [1.807, 2.05) is 6.92 Å². The lowest BCUT2D eigenvalue weighted by atomic mass is 9.97. The van der Waals surface area contributed by atoms with Crippen molar-refractivity contribution < 1.29 is 18.3 Å². The Kier molecular flexibility index (Phi) is 5.55. The van der Waals surface area contributed by atoms with Gasteiger partial charge in [0.05, 0.1) is 18.9 Å². The molecule has 18 heavy (non-hydrogen) atoms. The van der Waals surface area contributed by atoms with Gasteiger partial charge in [0.25, 0.3) is 0 Å². The second-order valence-corrected chi connectivity index (χ2v) is 6.72. The first kappa shape index (κ1) is 15.4. The predicted octanol–water partition coefficient (Wildman–Crippen LogP) is -0.455. The highest BCUT2D eigenvalue weighted by Crippen LogP contribution is 2.19. The molecule has 7 heteroatoms. The second-order valence-electron chi connectivity index (χ2n) is 4.73. The fourth-order valence-corrected chi connectivity index (χ4v) is 2.92. The first-order chi connectivity index (χ1) is 8.38. The zero-order valence-electron chi connectivity index (χ0n) is 10.9. The van der Waals surface area contributed by atoms with Crippen LogP contribution in [0.15, 0.2) is 0 Å². The predicted molar refractivity (Wildman–Crippen MR) is 68.4 cm³/mol. The zero-order chi connectivity index (χ0) is 13.8. The molecule has 1 heterocycles. The summed E-state index contributed by atoms with van der Waals surface area (Å²) in [4.78, 5) is 11.9. The molecule has 1 rings (SSSR count). The van der Waals surface area contributed by atoms with Crippen LogP contribution >= 0.6 is 0 Å².